The van der Waals surface area contributed by atoms with Crippen LogP contribution in [0.1, 0.15) is 0 Å². The Balaban J connectivity index is 1.11. The third-order valence-corrected chi connectivity index (χ3v) is 6.37. The third kappa shape index (κ3) is 4.47. The number of anilines is 1. The summed E-state index contributed by atoms with van der Waals surface area (Å²) in [4.78, 5) is 33.1. The summed E-state index contributed by atoms with van der Waals surface area (Å²) in [7, 11) is 1.67. The minimum Gasteiger partial charge on any atom is -0.497 e. The Morgan fingerprint density at radius 1 is 1.06 bits per heavy atom. The lowest BCUT2D eigenvalue weighted by atomic mass is 10.2. The van der Waals surface area contributed by atoms with Crippen molar-refractivity contribution in [1.82, 2.24) is 25.0 Å². The van der Waals surface area contributed by atoms with Crippen LogP contribution in [0.4, 0.5) is 5.69 Å². The van der Waals surface area contributed by atoms with Gasteiger partial charge in [-0.1, -0.05) is 18.2 Å². The number of H-pyrrole nitrogens is 1. The van der Waals surface area contributed by atoms with E-state index in [4.69, 9.17) is 4.74 Å². The van der Waals surface area contributed by atoms with Crippen molar-refractivity contribution in [3.63, 3.8) is 0 Å². The first-order chi connectivity index (χ1) is 16.6. The first-order valence-corrected chi connectivity index (χ1v) is 11.5. The van der Waals surface area contributed by atoms with Gasteiger partial charge in [0.05, 0.1) is 13.3 Å². The topological polar surface area (TPSA) is 95.5 Å². The van der Waals surface area contributed by atoms with Crippen LogP contribution in [-0.4, -0.2) is 71.9 Å². The van der Waals surface area contributed by atoms with Crippen LogP contribution >= 0.6 is 0 Å². The van der Waals surface area contributed by atoms with Crippen molar-refractivity contribution in [1.29, 1.82) is 0 Å². The minimum absolute atomic E-state index is 0.102. The second-order valence-corrected chi connectivity index (χ2v) is 8.44. The molecule has 1 aliphatic rings. The molecule has 0 bridgehead atoms. The molecule has 4 aromatic rings. The van der Waals surface area contributed by atoms with E-state index in [1.807, 2.05) is 36.4 Å². The van der Waals surface area contributed by atoms with Gasteiger partial charge in [0.25, 0.3) is 5.56 Å². The number of hydrogen-bond acceptors (Lipinski definition) is 6. The number of amides is 1. The second kappa shape index (κ2) is 9.56. The van der Waals surface area contributed by atoms with Crippen LogP contribution in [-0.2, 0) is 11.3 Å². The van der Waals surface area contributed by atoms with Crippen molar-refractivity contribution < 1.29 is 9.53 Å². The lowest BCUT2D eigenvalue weighted by molar-refractivity contribution is -0.121. The van der Waals surface area contributed by atoms with Gasteiger partial charge >= 0.3 is 0 Å². The summed E-state index contributed by atoms with van der Waals surface area (Å²) in [5, 5.41) is 8.85. The Labute approximate surface area is 196 Å². The molecule has 1 saturated heterocycles. The highest BCUT2D eigenvalue weighted by Gasteiger charge is 2.17. The van der Waals surface area contributed by atoms with E-state index >= 15 is 0 Å². The van der Waals surface area contributed by atoms with E-state index in [1.165, 1.54) is 10.4 Å². The number of aromatic amines is 1. The molecule has 176 valence electrons. The van der Waals surface area contributed by atoms with E-state index in [0.717, 1.165) is 54.8 Å². The van der Waals surface area contributed by atoms with Crippen LogP contribution in [0.15, 0.2) is 59.5 Å². The highest BCUT2D eigenvalue weighted by atomic mass is 16.5. The molecule has 0 unspecified atom stereocenters. The van der Waals surface area contributed by atoms with Gasteiger partial charge in [-0.25, -0.2) is 4.68 Å². The van der Waals surface area contributed by atoms with Gasteiger partial charge in [-0.2, -0.15) is 5.10 Å². The highest BCUT2D eigenvalue weighted by Crippen LogP contribution is 2.22. The van der Waals surface area contributed by atoms with Crippen LogP contribution in [0.25, 0.3) is 21.8 Å². The fourth-order valence-electron chi connectivity index (χ4n) is 4.46. The van der Waals surface area contributed by atoms with Crippen molar-refractivity contribution >= 4 is 33.4 Å². The molecule has 1 amide bonds. The number of para-hydroxylation sites is 1. The average Bonchev–Trinajstić information content (AvgIpc) is 3.26. The van der Waals surface area contributed by atoms with E-state index in [9.17, 15) is 9.59 Å². The molecule has 0 spiro atoms. The fourth-order valence-corrected chi connectivity index (χ4v) is 4.46. The molecule has 1 fully saturated rings. The summed E-state index contributed by atoms with van der Waals surface area (Å²) in [6.45, 7) is 4.93. The number of piperazine rings is 1. The molecule has 2 aromatic carbocycles. The monoisotopic (exact) mass is 460 g/mol. The summed E-state index contributed by atoms with van der Waals surface area (Å²) in [5.74, 6) is 0.638. The van der Waals surface area contributed by atoms with Crippen LogP contribution < -0.4 is 20.5 Å². The van der Waals surface area contributed by atoms with Crippen molar-refractivity contribution in [2.45, 2.75) is 6.54 Å². The number of ether oxygens (including phenoxy) is 1. The molecule has 9 nitrogen and oxygen atoms in total. The summed E-state index contributed by atoms with van der Waals surface area (Å²) < 4.78 is 6.44. The fraction of sp³-hybridized carbons (Fsp3) is 0.320. The van der Waals surface area contributed by atoms with Gasteiger partial charge in [-0.15, -0.1) is 0 Å². The number of aromatic nitrogens is 3. The van der Waals surface area contributed by atoms with Crippen LogP contribution in [0.3, 0.4) is 0 Å². The summed E-state index contributed by atoms with van der Waals surface area (Å²) >= 11 is 0. The number of carbonyl (C=O) groups is 1. The molecular weight excluding hydrogens is 432 g/mol. The van der Waals surface area contributed by atoms with Gasteiger partial charge in [0.1, 0.15) is 17.8 Å². The SMILES string of the molecule is COc1ccc(N2CCN(CCNC(=O)Cn3ncc4c([nH]c5ccccc54)c3=O)CC2)cc1. The van der Waals surface area contributed by atoms with Crippen molar-refractivity contribution in [3.8, 4) is 5.75 Å². The predicted octanol–water partition coefficient (Wildman–Crippen LogP) is 1.82. The number of methoxy groups -OCH3 is 1. The maximum Gasteiger partial charge on any atom is 0.291 e. The second-order valence-electron chi connectivity index (χ2n) is 8.44. The van der Waals surface area contributed by atoms with Gasteiger partial charge in [-0.3, -0.25) is 14.5 Å². The molecular formula is C25H28N6O3. The predicted molar refractivity (Wildman–Crippen MR) is 133 cm³/mol. The minimum atomic E-state index is -0.293. The van der Waals surface area contributed by atoms with Crippen molar-refractivity contribution in [2.75, 3.05) is 51.3 Å². The molecule has 3 heterocycles. The number of carbonyl (C=O) groups excluding carboxylic acids is 1. The molecule has 1 aliphatic heterocycles. The van der Waals surface area contributed by atoms with Crippen LogP contribution in [0.5, 0.6) is 5.75 Å². The Kier molecular flexibility index (Phi) is 6.18. The molecule has 2 N–H and O–H groups in total. The Bertz CT molecular complexity index is 1350. The smallest absolute Gasteiger partial charge is 0.291 e. The number of fused-ring (bicyclic) bond motifs is 3. The van der Waals surface area contributed by atoms with Gasteiger partial charge in [-0.05, 0) is 30.3 Å². The van der Waals surface area contributed by atoms with Crippen molar-refractivity contribution in [3.05, 3.63) is 65.1 Å². The zero-order valence-electron chi connectivity index (χ0n) is 19.2. The quantitative estimate of drug-likeness (QED) is 0.437. The molecule has 0 atom stereocenters. The molecule has 0 saturated carbocycles. The average molecular weight is 461 g/mol. The maximum absolute atomic E-state index is 12.8. The number of hydrogen-bond donors (Lipinski definition) is 2. The summed E-state index contributed by atoms with van der Waals surface area (Å²) in [6, 6.07) is 15.8. The third-order valence-electron chi connectivity index (χ3n) is 6.37. The molecule has 34 heavy (non-hydrogen) atoms. The van der Waals surface area contributed by atoms with Gasteiger partial charge < -0.3 is 19.9 Å². The zero-order valence-corrected chi connectivity index (χ0v) is 19.2. The number of nitrogens with one attached hydrogen (secondary N) is 2. The first-order valence-electron chi connectivity index (χ1n) is 11.5. The molecule has 0 radical (unpaired) electrons. The van der Waals surface area contributed by atoms with Gasteiger partial charge in [0, 0.05) is 61.2 Å². The lowest BCUT2D eigenvalue weighted by Crippen LogP contribution is -2.48. The number of rotatable bonds is 7. The number of nitrogens with zero attached hydrogens (tertiary/aromatic N) is 4. The van der Waals surface area contributed by atoms with Crippen LogP contribution in [0.2, 0.25) is 0 Å². The normalized spacial score (nSPS) is 14.6. The van der Waals surface area contributed by atoms with Crippen LogP contribution in [0, 0.1) is 0 Å². The molecule has 5 rings (SSSR count). The molecule has 9 heteroatoms. The van der Waals surface area contributed by atoms with Gasteiger partial charge in [0.15, 0.2) is 0 Å². The Morgan fingerprint density at radius 2 is 1.82 bits per heavy atom. The zero-order chi connectivity index (χ0) is 23.5. The van der Waals surface area contributed by atoms with E-state index in [0.29, 0.717) is 12.1 Å². The molecule has 0 aliphatic carbocycles. The summed E-state index contributed by atoms with van der Waals surface area (Å²) in [6.07, 6.45) is 1.64. The first kappa shape index (κ1) is 22.0. The molecule has 2 aromatic heterocycles. The van der Waals surface area contributed by atoms with E-state index in [2.05, 4.69) is 37.3 Å². The Hall–Kier alpha value is -3.85. The number of benzene rings is 2. The van der Waals surface area contributed by atoms with Crippen molar-refractivity contribution in [2.24, 2.45) is 0 Å². The van der Waals surface area contributed by atoms with E-state index in [-0.39, 0.29) is 18.0 Å². The largest absolute Gasteiger partial charge is 0.497 e. The van der Waals surface area contributed by atoms with E-state index < -0.39 is 0 Å². The van der Waals surface area contributed by atoms with E-state index in [1.54, 1.807) is 13.3 Å². The Morgan fingerprint density at radius 3 is 2.59 bits per heavy atom. The highest BCUT2D eigenvalue weighted by molar-refractivity contribution is 6.06. The summed E-state index contributed by atoms with van der Waals surface area (Å²) in [5.41, 5.74) is 2.25. The lowest BCUT2D eigenvalue weighted by Gasteiger charge is -2.36. The standard InChI is InChI=1S/C25H28N6O3/c1-34-19-8-6-18(7-9-19)30-14-12-29(13-15-30)11-10-26-23(32)17-31-25(33)24-21(16-27-31)20-4-2-3-5-22(20)28-24/h2-9,16,28H,10-15,17H2,1H3,(H,26,32). The maximum atomic E-state index is 12.8. The van der Waals surface area contributed by atoms with Gasteiger partial charge in [0.2, 0.25) is 5.91 Å².